The SMILES string of the molecule is CC1CN(c2cc(F)c(-c3cccc(N4CCOCC4)n3)cc2NC(=O)c2cn(C)c(=O)cc2C(F)(F)F)CCN1C. The van der Waals surface area contributed by atoms with Crippen LogP contribution in [0.3, 0.4) is 0 Å². The molecule has 9 nitrogen and oxygen atoms in total. The Morgan fingerprint density at radius 2 is 1.79 bits per heavy atom. The molecule has 13 heteroatoms. The number of carbonyl (C=O) groups excluding carboxylic acids is 1. The van der Waals surface area contributed by atoms with Crippen LogP contribution in [0.15, 0.2) is 47.4 Å². The summed E-state index contributed by atoms with van der Waals surface area (Å²) in [6.07, 6.45) is -4.08. The zero-order valence-corrected chi connectivity index (χ0v) is 23.5. The van der Waals surface area contributed by atoms with E-state index in [0.717, 1.165) is 10.8 Å². The molecule has 1 N–H and O–H groups in total. The van der Waals surface area contributed by atoms with Crippen LogP contribution in [0, 0.1) is 5.82 Å². The number of nitrogens with zero attached hydrogens (tertiary/aromatic N) is 5. The quantitative estimate of drug-likeness (QED) is 0.454. The molecule has 2 aliphatic heterocycles. The Labute approximate surface area is 240 Å². The maximum atomic E-state index is 15.8. The van der Waals surface area contributed by atoms with E-state index in [1.54, 1.807) is 12.1 Å². The molecule has 0 bridgehead atoms. The van der Waals surface area contributed by atoms with Crippen molar-refractivity contribution in [3.8, 4) is 11.3 Å². The maximum Gasteiger partial charge on any atom is 0.417 e. The number of aromatic nitrogens is 2. The first-order valence-electron chi connectivity index (χ1n) is 13.6. The van der Waals surface area contributed by atoms with Gasteiger partial charge in [-0.05, 0) is 38.2 Å². The van der Waals surface area contributed by atoms with Crippen molar-refractivity contribution >= 4 is 23.1 Å². The summed E-state index contributed by atoms with van der Waals surface area (Å²) >= 11 is 0. The third-order valence-electron chi connectivity index (χ3n) is 7.76. The summed E-state index contributed by atoms with van der Waals surface area (Å²) in [5, 5.41) is 2.59. The molecule has 2 aliphatic rings. The van der Waals surface area contributed by atoms with Crippen molar-refractivity contribution in [2.45, 2.75) is 19.1 Å². The second-order valence-electron chi connectivity index (χ2n) is 10.6. The molecule has 224 valence electrons. The lowest BCUT2D eigenvalue weighted by Crippen LogP contribution is -2.50. The average molecular weight is 589 g/mol. The first-order chi connectivity index (χ1) is 19.9. The third kappa shape index (κ3) is 6.12. The van der Waals surface area contributed by atoms with Crippen LogP contribution in [0.5, 0.6) is 0 Å². The number of anilines is 3. The molecule has 1 atom stereocenters. The van der Waals surface area contributed by atoms with Gasteiger partial charge >= 0.3 is 6.18 Å². The van der Waals surface area contributed by atoms with Crippen molar-refractivity contribution in [2.24, 2.45) is 7.05 Å². The lowest BCUT2D eigenvalue weighted by atomic mass is 10.0. The van der Waals surface area contributed by atoms with E-state index in [1.165, 1.54) is 19.2 Å². The highest BCUT2D eigenvalue weighted by Gasteiger charge is 2.36. The first kappa shape index (κ1) is 29.5. The Balaban J connectivity index is 1.58. The largest absolute Gasteiger partial charge is 0.417 e. The van der Waals surface area contributed by atoms with E-state index in [-0.39, 0.29) is 17.3 Å². The fourth-order valence-electron chi connectivity index (χ4n) is 5.16. The van der Waals surface area contributed by atoms with Gasteiger partial charge in [-0.2, -0.15) is 13.2 Å². The number of ether oxygens (including phenoxy) is 1. The molecular formula is C29H32F4N6O3. The Kier molecular flexibility index (Phi) is 8.24. The number of morpholine rings is 1. The van der Waals surface area contributed by atoms with E-state index in [9.17, 15) is 22.8 Å². The van der Waals surface area contributed by atoms with Gasteiger partial charge in [-0.15, -0.1) is 0 Å². The normalized spacial score (nSPS) is 18.3. The number of likely N-dealkylation sites (N-methyl/N-ethyl adjacent to an activating group) is 1. The van der Waals surface area contributed by atoms with Crippen molar-refractivity contribution < 1.29 is 27.1 Å². The summed E-state index contributed by atoms with van der Waals surface area (Å²) in [6.45, 7) is 6.04. The predicted molar refractivity (Wildman–Crippen MR) is 152 cm³/mol. The number of nitrogens with one attached hydrogen (secondary N) is 1. The van der Waals surface area contributed by atoms with Gasteiger partial charge in [-0.3, -0.25) is 9.59 Å². The number of amides is 1. The summed E-state index contributed by atoms with van der Waals surface area (Å²) in [5.41, 5.74) is -2.10. The molecule has 3 aromatic rings. The van der Waals surface area contributed by atoms with Crippen molar-refractivity contribution in [3.63, 3.8) is 0 Å². The van der Waals surface area contributed by atoms with Crippen LogP contribution >= 0.6 is 0 Å². The first-order valence-corrected chi connectivity index (χ1v) is 13.6. The summed E-state index contributed by atoms with van der Waals surface area (Å²) < 4.78 is 63.6. The number of pyridine rings is 2. The third-order valence-corrected chi connectivity index (χ3v) is 7.76. The highest BCUT2D eigenvalue weighted by molar-refractivity contribution is 6.07. The van der Waals surface area contributed by atoms with Crippen LogP contribution in [0.4, 0.5) is 34.8 Å². The molecule has 2 fully saturated rings. The maximum absolute atomic E-state index is 15.8. The molecule has 0 spiro atoms. The van der Waals surface area contributed by atoms with Crippen LogP contribution in [0.25, 0.3) is 11.3 Å². The summed E-state index contributed by atoms with van der Waals surface area (Å²) in [7, 11) is 3.24. The van der Waals surface area contributed by atoms with Crippen LogP contribution in [0.1, 0.15) is 22.8 Å². The minimum Gasteiger partial charge on any atom is -0.378 e. The van der Waals surface area contributed by atoms with E-state index in [4.69, 9.17) is 4.74 Å². The highest BCUT2D eigenvalue weighted by Crippen LogP contribution is 2.37. The number of hydrogen-bond donors (Lipinski definition) is 1. The molecule has 2 aromatic heterocycles. The average Bonchev–Trinajstić information content (AvgIpc) is 2.96. The van der Waals surface area contributed by atoms with Crippen molar-refractivity contribution in [3.05, 3.63) is 69.9 Å². The van der Waals surface area contributed by atoms with Crippen LogP contribution in [-0.2, 0) is 18.0 Å². The predicted octanol–water partition coefficient (Wildman–Crippen LogP) is 3.83. The molecule has 2 saturated heterocycles. The lowest BCUT2D eigenvalue weighted by molar-refractivity contribution is -0.138. The van der Waals surface area contributed by atoms with Gasteiger partial charge in [0.15, 0.2) is 0 Å². The highest BCUT2D eigenvalue weighted by atomic mass is 19.4. The zero-order chi connectivity index (χ0) is 30.2. The summed E-state index contributed by atoms with van der Waals surface area (Å²) in [5.74, 6) is -1.02. The van der Waals surface area contributed by atoms with E-state index < -0.39 is 34.6 Å². The van der Waals surface area contributed by atoms with Gasteiger partial charge in [0.1, 0.15) is 11.6 Å². The molecule has 0 radical (unpaired) electrons. The number of halogens is 4. The molecule has 4 heterocycles. The molecule has 1 amide bonds. The van der Waals surface area contributed by atoms with E-state index in [1.807, 2.05) is 29.8 Å². The molecular weight excluding hydrogens is 556 g/mol. The zero-order valence-electron chi connectivity index (χ0n) is 23.5. The lowest BCUT2D eigenvalue weighted by Gasteiger charge is -2.39. The molecule has 42 heavy (non-hydrogen) atoms. The van der Waals surface area contributed by atoms with Crippen molar-refractivity contribution in [1.29, 1.82) is 0 Å². The monoisotopic (exact) mass is 588 g/mol. The standard InChI is InChI=1S/C29H32F4N6O3/c1-18-16-39(8-7-36(18)2)25-15-22(30)19(23-5-4-6-26(34-23)38-9-11-42-12-10-38)13-24(25)35-28(41)20-17-37(3)27(40)14-21(20)29(31,32)33/h4-6,13-15,17-18H,7-12,16H2,1-3H3,(H,35,41). The Morgan fingerprint density at radius 3 is 2.48 bits per heavy atom. The Bertz CT molecular complexity index is 1540. The van der Waals surface area contributed by atoms with Crippen molar-refractivity contribution in [1.82, 2.24) is 14.5 Å². The number of carbonyl (C=O) groups is 1. The topological polar surface area (TPSA) is 82.9 Å². The summed E-state index contributed by atoms with van der Waals surface area (Å²) in [4.78, 5) is 36.1. The number of rotatable bonds is 5. The van der Waals surface area contributed by atoms with Gasteiger partial charge in [-0.1, -0.05) is 6.07 Å². The molecule has 0 saturated carbocycles. The second-order valence-corrected chi connectivity index (χ2v) is 10.6. The van der Waals surface area contributed by atoms with Gasteiger partial charge < -0.3 is 29.3 Å². The molecule has 0 aliphatic carbocycles. The van der Waals surface area contributed by atoms with Gasteiger partial charge in [0, 0.05) is 63.6 Å². The summed E-state index contributed by atoms with van der Waals surface area (Å²) in [6, 6.07) is 8.41. The van der Waals surface area contributed by atoms with Crippen LogP contribution < -0.4 is 20.7 Å². The molecule has 1 unspecified atom stereocenters. The molecule has 1 aromatic carbocycles. The minimum atomic E-state index is -4.94. The van der Waals surface area contributed by atoms with Crippen LogP contribution in [-0.4, -0.2) is 79.4 Å². The van der Waals surface area contributed by atoms with Gasteiger partial charge in [-0.25, -0.2) is 9.37 Å². The van der Waals surface area contributed by atoms with Gasteiger partial charge in [0.25, 0.3) is 11.5 Å². The van der Waals surface area contributed by atoms with Gasteiger partial charge in [0.2, 0.25) is 0 Å². The molecule has 5 rings (SSSR count). The van der Waals surface area contributed by atoms with E-state index in [0.29, 0.717) is 69.2 Å². The van der Waals surface area contributed by atoms with E-state index in [2.05, 4.69) is 15.2 Å². The van der Waals surface area contributed by atoms with Gasteiger partial charge in [0.05, 0.1) is 41.4 Å². The van der Waals surface area contributed by atoms with Crippen LogP contribution in [0.2, 0.25) is 0 Å². The number of aryl methyl sites for hydroxylation is 1. The Morgan fingerprint density at radius 1 is 1.05 bits per heavy atom. The smallest absolute Gasteiger partial charge is 0.378 e. The number of hydrogen-bond acceptors (Lipinski definition) is 7. The fourth-order valence-corrected chi connectivity index (χ4v) is 5.16. The fraction of sp³-hybridized carbons (Fsp3) is 0.414. The minimum absolute atomic E-state index is 0.0860. The van der Waals surface area contributed by atoms with E-state index >= 15 is 4.39 Å². The second kappa shape index (κ2) is 11.7. The number of alkyl halides is 3. The number of piperazine rings is 1. The number of benzene rings is 1. The van der Waals surface area contributed by atoms with Crippen molar-refractivity contribution in [2.75, 3.05) is 68.1 Å². The Hall–Kier alpha value is -3.97.